The minimum Gasteiger partial charge on any atom is -0.336 e. The smallest absolute Gasteiger partial charge is 0.253 e. The number of carbonyl (C=O) groups excluding carboxylic acids is 1. The van der Waals surface area contributed by atoms with Crippen LogP contribution < -0.4 is 0 Å². The van der Waals surface area contributed by atoms with Crippen LogP contribution in [-0.4, -0.2) is 49.7 Å². The highest BCUT2D eigenvalue weighted by atomic mass is 32.2. The molecule has 0 saturated carbocycles. The van der Waals surface area contributed by atoms with Crippen molar-refractivity contribution in [3.63, 3.8) is 0 Å². The van der Waals surface area contributed by atoms with Crippen molar-refractivity contribution >= 4 is 15.9 Å². The van der Waals surface area contributed by atoms with Crippen LogP contribution in [0.15, 0.2) is 48.5 Å². The number of benzene rings is 2. The van der Waals surface area contributed by atoms with Gasteiger partial charge < -0.3 is 4.90 Å². The molecule has 2 aromatic rings. The minimum absolute atomic E-state index is 0.191. The van der Waals surface area contributed by atoms with Crippen LogP contribution in [0.5, 0.6) is 0 Å². The highest BCUT2D eigenvalue weighted by molar-refractivity contribution is 7.88. The van der Waals surface area contributed by atoms with E-state index >= 15 is 0 Å². The molecule has 0 unspecified atom stereocenters. The van der Waals surface area contributed by atoms with Gasteiger partial charge in [0.25, 0.3) is 5.91 Å². The lowest BCUT2D eigenvalue weighted by Crippen LogP contribution is -2.50. The van der Waals surface area contributed by atoms with E-state index in [1.807, 2.05) is 0 Å². The van der Waals surface area contributed by atoms with Gasteiger partial charge in [-0.1, -0.05) is 12.1 Å². The van der Waals surface area contributed by atoms with E-state index in [-0.39, 0.29) is 37.8 Å². The maximum absolute atomic E-state index is 13.0. The van der Waals surface area contributed by atoms with E-state index in [2.05, 4.69) is 0 Å². The van der Waals surface area contributed by atoms with Crippen LogP contribution in [0.4, 0.5) is 8.78 Å². The molecule has 1 heterocycles. The second-order valence-corrected chi connectivity index (χ2v) is 8.05. The molecule has 1 fully saturated rings. The van der Waals surface area contributed by atoms with Crippen molar-refractivity contribution in [2.75, 3.05) is 26.2 Å². The Morgan fingerprint density at radius 3 is 1.88 bits per heavy atom. The van der Waals surface area contributed by atoms with Crippen LogP contribution in [0.2, 0.25) is 0 Å². The van der Waals surface area contributed by atoms with Gasteiger partial charge in [-0.05, 0) is 42.0 Å². The molecule has 0 N–H and O–H groups in total. The van der Waals surface area contributed by atoms with Gasteiger partial charge in [0, 0.05) is 31.7 Å². The standard InChI is InChI=1S/C18H18F2N2O3S/c19-16-5-1-14(2-6-16)13-26(24,25)22-11-9-21(10-12-22)18(23)15-3-7-17(20)8-4-15/h1-8H,9-13H2. The summed E-state index contributed by atoms with van der Waals surface area (Å²) in [6, 6.07) is 10.6. The summed E-state index contributed by atoms with van der Waals surface area (Å²) in [6.45, 7) is 0.907. The zero-order valence-electron chi connectivity index (χ0n) is 13.9. The van der Waals surface area contributed by atoms with E-state index in [9.17, 15) is 22.0 Å². The lowest BCUT2D eigenvalue weighted by molar-refractivity contribution is 0.0697. The summed E-state index contributed by atoms with van der Waals surface area (Å²) < 4.78 is 52.3. The second kappa shape index (κ2) is 7.51. The lowest BCUT2D eigenvalue weighted by Gasteiger charge is -2.34. The average Bonchev–Trinajstić information content (AvgIpc) is 2.64. The zero-order chi connectivity index (χ0) is 18.7. The number of amides is 1. The topological polar surface area (TPSA) is 57.7 Å². The molecule has 1 aliphatic heterocycles. The summed E-state index contributed by atoms with van der Waals surface area (Å²) in [7, 11) is -3.55. The Kier molecular flexibility index (Phi) is 5.33. The number of rotatable bonds is 4. The van der Waals surface area contributed by atoms with E-state index in [1.54, 1.807) is 4.90 Å². The fourth-order valence-corrected chi connectivity index (χ4v) is 4.34. The SMILES string of the molecule is O=C(c1ccc(F)cc1)N1CCN(S(=O)(=O)Cc2ccc(F)cc2)CC1. The van der Waals surface area contributed by atoms with Gasteiger partial charge in [-0.15, -0.1) is 0 Å². The number of hydrogen-bond acceptors (Lipinski definition) is 3. The molecule has 3 rings (SSSR count). The molecule has 26 heavy (non-hydrogen) atoms. The Labute approximate surface area is 150 Å². The van der Waals surface area contributed by atoms with E-state index in [0.717, 1.165) is 0 Å². The normalized spacial score (nSPS) is 15.8. The molecular formula is C18H18F2N2O3S. The summed E-state index contributed by atoms with van der Waals surface area (Å²) in [5.41, 5.74) is 0.880. The van der Waals surface area contributed by atoms with Gasteiger partial charge in [-0.3, -0.25) is 4.79 Å². The highest BCUT2D eigenvalue weighted by Gasteiger charge is 2.29. The number of piperazine rings is 1. The van der Waals surface area contributed by atoms with Gasteiger partial charge in [0.15, 0.2) is 0 Å². The van der Waals surface area contributed by atoms with Crippen LogP contribution in [0.25, 0.3) is 0 Å². The summed E-state index contributed by atoms with van der Waals surface area (Å²) in [6.07, 6.45) is 0. The molecule has 5 nitrogen and oxygen atoms in total. The number of nitrogens with zero attached hydrogens (tertiary/aromatic N) is 2. The molecule has 8 heteroatoms. The molecule has 1 saturated heterocycles. The molecule has 0 aliphatic carbocycles. The van der Waals surface area contributed by atoms with Crippen LogP contribution in [0, 0.1) is 11.6 Å². The first-order valence-electron chi connectivity index (χ1n) is 8.12. The van der Waals surface area contributed by atoms with Crippen LogP contribution in [-0.2, 0) is 15.8 Å². The molecule has 0 atom stereocenters. The monoisotopic (exact) mass is 380 g/mol. The Bertz CT molecular complexity index is 876. The summed E-state index contributed by atoms with van der Waals surface area (Å²) >= 11 is 0. The van der Waals surface area contributed by atoms with Gasteiger partial charge in [-0.2, -0.15) is 4.31 Å². The molecule has 0 bridgehead atoms. The van der Waals surface area contributed by atoms with Crippen molar-refractivity contribution in [2.45, 2.75) is 5.75 Å². The summed E-state index contributed by atoms with van der Waals surface area (Å²) in [4.78, 5) is 13.9. The van der Waals surface area contributed by atoms with Crippen LogP contribution >= 0.6 is 0 Å². The molecule has 0 aromatic heterocycles. The van der Waals surface area contributed by atoms with E-state index in [1.165, 1.54) is 52.8 Å². The Balaban J connectivity index is 1.61. The summed E-state index contributed by atoms with van der Waals surface area (Å²) in [5, 5.41) is 0. The Morgan fingerprint density at radius 1 is 0.846 bits per heavy atom. The summed E-state index contributed by atoms with van der Waals surface area (Å²) in [5.74, 6) is -1.29. The van der Waals surface area contributed by atoms with Crippen molar-refractivity contribution in [1.29, 1.82) is 0 Å². The van der Waals surface area contributed by atoms with Gasteiger partial charge >= 0.3 is 0 Å². The fraction of sp³-hybridized carbons (Fsp3) is 0.278. The predicted molar refractivity (Wildman–Crippen MR) is 92.9 cm³/mol. The molecular weight excluding hydrogens is 362 g/mol. The van der Waals surface area contributed by atoms with Crippen molar-refractivity contribution in [3.8, 4) is 0 Å². The number of sulfonamides is 1. The third kappa shape index (κ3) is 4.25. The highest BCUT2D eigenvalue weighted by Crippen LogP contribution is 2.16. The van der Waals surface area contributed by atoms with Gasteiger partial charge in [-0.25, -0.2) is 17.2 Å². The lowest BCUT2D eigenvalue weighted by atomic mass is 10.2. The number of hydrogen-bond donors (Lipinski definition) is 0. The van der Waals surface area contributed by atoms with E-state index in [0.29, 0.717) is 11.1 Å². The van der Waals surface area contributed by atoms with Crippen LogP contribution in [0.1, 0.15) is 15.9 Å². The zero-order valence-corrected chi connectivity index (χ0v) is 14.8. The first kappa shape index (κ1) is 18.5. The minimum atomic E-state index is -3.55. The maximum Gasteiger partial charge on any atom is 0.253 e. The Morgan fingerprint density at radius 2 is 1.35 bits per heavy atom. The third-order valence-corrected chi connectivity index (χ3v) is 6.12. The van der Waals surface area contributed by atoms with Crippen molar-refractivity contribution in [3.05, 3.63) is 71.3 Å². The average molecular weight is 380 g/mol. The van der Waals surface area contributed by atoms with Crippen LogP contribution in [0.3, 0.4) is 0 Å². The quantitative estimate of drug-likeness (QED) is 0.818. The maximum atomic E-state index is 13.0. The largest absolute Gasteiger partial charge is 0.336 e. The van der Waals surface area contributed by atoms with E-state index < -0.39 is 21.7 Å². The van der Waals surface area contributed by atoms with Crippen molar-refractivity contribution < 1.29 is 22.0 Å². The molecule has 1 amide bonds. The number of carbonyl (C=O) groups is 1. The molecule has 138 valence electrons. The first-order chi connectivity index (χ1) is 12.3. The number of halogens is 2. The molecule has 0 radical (unpaired) electrons. The molecule has 0 spiro atoms. The third-order valence-electron chi connectivity index (χ3n) is 4.27. The fourth-order valence-electron chi connectivity index (χ4n) is 2.83. The first-order valence-corrected chi connectivity index (χ1v) is 9.73. The molecule has 1 aliphatic rings. The Hall–Kier alpha value is -2.32. The molecule has 2 aromatic carbocycles. The van der Waals surface area contributed by atoms with Crippen molar-refractivity contribution in [2.24, 2.45) is 0 Å². The predicted octanol–water partition coefficient (Wildman–Crippen LogP) is 2.25. The van der Waals surface area contributed by atoms with E-state index in [4.69, 9.17) is 0 Å². The van der Waals surface area contributed by atoms with Crippen molar-refractivity contribution in [1.82, 2.24) is 9.21 Å². The van der Waals surface area contributed by atoms with Gasteiger partial charge in [0.2, 0.25) is 10.0 Å². The van der Waals surface area contributed by atoms with Gasteiger partial charge in [0.1, 0.15) is 11.6 Å². The second-order valence-electron chi connectivity index (χ2n) is 6.08. The van der Waals surface area contributed by atoms with Gasteiger partial charge in [0.05, 0.1) is 5.75 Å².